The average molecular weight is 463 g/mol. The highest BCUT2D eigenvalue weighted by Crippen LogP contribution is 2.46. The van der Waals surface area contributed by atoms with Crippen molar-refractivity contribution in [1.82, 2.24) is 9.88 Å². The summed E-state index contributed by atoms with van der Waals surface area (Å²) in [6.07, 6.45) is 4.65. The van der Waals surface area contributed by atoms with Gasteiger partial charge in [0, 0.05) is 31.4 Å². The van der Waals surface area contributed by atoms with Crippen LogP contribution in [0.1, 0.15) is 43.7 Å². The highest BCUT2D eigenvalue weighted by Gasteiger charge is 2.34. The number of carbonyl (C=O) groups excluding carboxylic acids is 1. The van der Waals surface area contributed by atoms with Crippen molar-refractivity contribution in [3.8, 4) is 26.8 Å². The lowest BCUT2D eigenvalue weighted by atomic mass is 9.97. The van der Waals surface area contributed by atoms with Gasteiger partial charge < -0.3 is 9.47 Å². The molecule has 172 valence electrons. The molecule has 0 bridgehead atoms. The summed E-state index contributed by atoms with van der Waals surface area (Å²) in [6.45, 7) is 6.51. The number of ether oxygens (including phenoxy) is 2. The van der Waals surface area contributed by atoms with Crippen LogP contribution in [0.5, 0.6) is 5.75 Å². The minimum absolute atomic E-state index is 0.0249. The van der Waals surface area contributed by atoms with Gasteiger partial charge in [0.25, 0.3) is 0 Å². The van der Waals surface area contributed by atoms with Crippen molar-refractivity contribution in [3.63, 3.8) is 0 Å². The van der Waals surface area contributed by atoms with Gasteiger partial charge in [-0.3, -0.25) is 9.69 Å². The molecular formula is C27H30N2O3S. The summed E-state index contributed by atoms with van der Waals surface area (Å²) in [4.78, 5) is 19.9. The number of hydrogen-bond donors (Lipinski definition) is 0. The van der Waals surface area contributed by atoms with E-state index in [1.807, 2.05) is 32.2 Å². The Balaban J connectivity index is 1.31. The molecule has 0 radical (unpaired) electrons. The van der Waals surface area contributed by atoms with Crippen LogP contribution in [0.2, 0.25) is 0 Å². The molecule has 2 fully saturated rings. The smallest absolute Gasteiger partial charge is 0.311 e. The van der Waals surface area contributed by atoms with Gasteiger partial charge in [-0.15, -0.1) is 11.3 Å². The van der Waals surface area contributed by atoms with Crippen LogP contribution in [0.25, 0.3) is 21.0 Å². The largest absolute Gasteiger partial charge is 0.491 e. The lowest BCUT2D eigenvalue weighted by Crippen LogP contribution is -2.49. The molecule has 1 aliphatic heterocycles. The first-order valence-electron chi connectivity index (χ1n) is 11.7. The Bertz CT molecular complexity index is 1130. The normalized spacial score (nSPS) is 16.6. The first-order valence-corrected chi connectivity index (χ1v) is 12.5. The van der Waals surface area contributed by atoms with Gasteiger partial charge in [-0.25, -0.2) is 4.98 Å². The maximum Gasteiger partial charge on any atom is 0.311 e. The van der Waals surface area contributed by atoms with Crippen molar-refractivity contribution in [2.24, 2.45) is 5.92 Å². The van der Waals surface area contributed by atoms with Crippen molar-refractivity contribution in [3.05, 3.63) is 59.8 Å². The molecule has 3 aromatic rings. The number of thiazole rings is 1. The van der Waals surface area contributed by atoms with Gasteiger partial charge in [0.05, 0.1) is 24.0 Å². The zero-order chi connectivity index (χ0) is 22.9. The SMILES string of the molecule is COC(=O)C1CN(Cc2ccc(-c3ncc(-c4ccc(OC(C)C)cc4)s3)c(C3CC3)c2)C1. The highest BCUT2D eigenvalue weighted by molar-refractivity contribution is 7.18. The maximum absolute atomic E-state index is 11.6. The number of rotatable bonds is 8. The van der Waals surface area contributed by atoms with Crippen LogP contribution >= 0.6 is 11.3 Å². The van der Waals surface area contributed by atoms with Crippen molar-refractivity contribution in [2.45, 2.75) is 45.3 Å². The fourth-order valence-corrected chi connectivity index (χ4v) is 5.38. The molecule has 0 unspecified atom stereocenters. The van der Waals surface area contributed by atoms with Gasteiger partial charge in [-0.05, 0) is 73.6 Å². The molecule has 0 spiro atoms. The number of aromatic nitrogens is 1. The third kappa shape index (κ3) is 4.97. The molecule has 1 aromatic heterocycles. The Hall–Kier alpha value is -2.70. The summed E-state index contributed by atoms with van der Waals surface area (Å²) < 4.78 is 10.6. The number of nitrogens with zero attached hydrogens (tertiary/aromatic N) is 2. The zero-order valence-electron chi connectivity index (χ0n) is 19.4. The van der Waals surface area contributed by atoms with E-state index in [0.29, 0.717) is 5.92 Å². The van der Waals surface area contributed by atoms with E-state index in [4.69, 9.17) is 14.5 Å². The van der Waals surface area contributed by atoms with Gasteiger partial charge in [0.1, 0.15) is 10.8 Å². The van der Waals surface area contributed by atoms with Crippen LogP contribution in [-0.4, -0.2) is 42.2 Å². The van der Waals surface area contributed by atoms with Gasteiger partial charge in [-0.1, -0.05) is 18.2 Å². The van der Waals surface area contributed by atoms with Crippen molar-refractivity contribution in [2.75, 3.05) is 20.2 Å². The van der Waals surface area contributed by atoms with E-state index in [2.05, 4.69) is 35.2 Å². The van der Waals surface area contributed by atoms with Gasteiger partial charge in [0.2, 0.25) is 0 Å². The Labute approximate surface area is 199 Å². The third-order valence-corrected chi connectivity index (χ3v) is 7.36. The molecule has 0 amide bonds. The second-order valence-corrected chi connectivity index (χ2v) is 10.4. The van der Waals surface area contributed by atoms with E-state index in [9.17, 15) is 4.79 Å². The number of likely N-dealkylation sites (tertiary alicyclic amines) is 1. The number of methoxy groups -OCH3 is 1. The molecule has 2 aromatic carbocycles. The molecule has 5 rings (SSSR count). The molecule has 1 saturated heterocycles. The monoisotopic (exact) mass is 462 g/mol. The Morgan fingerprint density at radius 2 is 1.91 bits per heavy atom. The van der Waals surface area contributed by atoms with E-state index >= 15 is 0 Å². The lowest BCUT2D eigenvalue weighted by molar-refractivity contribution is -0.151. The molecule has 5 nitrogen and oxygen atoms in total. The fraction of sp³-hybridized carbons (Fsp3) is 0.407. The van der Waals surface area contributed by atoms with Crippen LogP contribution in [0.4, 0.5) is 0 Å². The quantitative estimate of drug-likeness (QED) is 0.399. The lowest BCUT2D eigenvalue weighted by Gasteiger charge is -2.37. The first-order chi connectivity index (χ1) is 16.0. The van der Waals surface area contributed by atoms with Crippen molar-refractivity contribution in [1.29, 1.82) is 0 Å². The van der Waals surface area contributed by atoms with Crippen LogP contribution in [0, 0.1) is 5.92 Å². The second-order valence-electron chi connectivity index (χ2n) is 9.33. The predicted molar refractivity (Wildman–Crippen MR) is 132 cm³/mol. The first kappa shape index (κ1) is 22.1. The summed E-state index contributed by atoms with van der Waals surface area (Å²) in [6, 6.07) is 15.1. The van der Waals surface area contributed by atoms with Gasteiger partial charge >= 0.3 is 5.97 Å². The number of carbonyl (C=O) groups is 1. The molecule has 2 aliphatic rings. The topological polar surface area (TPSA) is 51.7 Å². The average Bonchev–Trinajstić information content (AvgIpc) is 3.52. The third-order valence-electron chi connectivity index (χ3n) is 6.28. The van der Waals surface area contributed by atoms with E-state index < -0.39 is 0 Å². The fourth-order valence-electron chi connectivity index (χ4n) is 4.41. The molecular weight excluding hydrogens is 432 g/mol. The standard InChI is InChI=1S/C27H30N2O3S/c1-17(2)32-22-9-7-20(8-10-22)25-13-28-26(33-25)23-11-4-18(12-24(23)19-5-6-19)14-29-15-21(16-29)27(30)31-3/h4,7-13,17,19,21H,5-6,14-16H2,1-3H3. The van der Waals surface area contributed by atoms with Gasteiger partial charge in [-0.2, -0.15) is 0 Å². The molecule has 0 atom stereocenters. The van der Waals surface area contributed by atoms with Crippen LogP contribution in [0.15, 0.2) is 48.7 Å². The summed E-state index contributed by atoms with van der Waals surface area (Å²) in [5.41, 5.74) is 5.14. The molecule has 1 saturated carbocycles. The number of esters is 1. The Kier molecular flexibility index (Phi) is 6.21. The minimum Gasteiger partial charge on any atom is -0.491 e. The number of benzene rings is 2. The highest BCUT2D eigenvalue weighted by atomic mass is 32.1. The van der Waals surface area contributed by atoms with Crippen molar-refractivity contribution < 1.29 is 14.3 Å². The zero-order valence-corrected chi connectivity index (χ0v) is 20.2. The Morgan fingerprint density at radius 3 is 2.58 bits per heavy atom. The van der Waals surface area contributed by atoms with Crippen LogP contribution in [0.3, 0.4) is 0 Å². The molecule has 2 heterocycles. The summed E-state index contributed by atoms with van der Waals surface area (Å²) in [5.74, 6) is 1.46. The van der Waals surface area contributed by atoms with E-state index in [1.165, 1.54) is 41.5 Å². The second kappa shape index (κ2) is 9.27. The van der Waals surface area contributed by atoms with Crippen molar-refractivity contribution >= 4 is 17.3 Å². The molecule has 1 aliphatic carbocycles. The summed E-state index contributed by atoms with van der Waals surface area (Å²) in [5, 5.41) is 1.08. The van der Waals surface area contributed by atoms with E-state index in [1.54, 1.807) is 11.3 Å². The predicted octanol–water partition coefficient (Wildman–Crippen LogP) is 5.75. The minimum atomic E-state index is -0.0954. The van der Waals surface area contributed by atoms with Crippen LogP contribution < -0.4 is 4.74 Å². The van der Waals surface area contributed by atoms with Crippen LogP contribution in [-0.2, 0) is 16.1 Å². The molecule has 33 heavy (non-hydrogen) atoms. The number of hydrogen-bond acceptors (Lipinski definition) is 6. The van der Waals surface area contributed by atoms with E-state index in [0.717, 1.165) is 36.0 Å². The molecule has 0 N–H and O–H groups in total. The summed E-state index contributed by atoms with van der Waals surface area (Å²) >= 11 is 1.75. The maximum atomic E-state index is 11.6. The van der Waals surface area contributed by atoms with Gasteiger partial charge in [0.15, 0.2) is 0 Å². The van der Waals surface area contributed by atoms with E-state index in [-0.39, 0.29) is 18.0 Å². The molecule has 6 heteroatoms. The summed E-state index contributed by atoms with van der Waals surface area (Å²) in [7, 11) is 1.46. The Morgan fingerprint density at radius 1 is 1.15 bits per heavy atom.